The number of halogens is 4. The molecule has 1 amide bonds. The molecule has 0 radical (unpaired) electrons. The Bertz CT molecular complexity index is 1160. The quantitative estimate of drug-likeness (QED) is 0.301. The maximum atomic E-state index is 14.8. The fourth-order valence-corrected chi connectivity index (χ4v) is 3.17. The first kappa shape index (κ1) is 24.3. The van der Waals surface area contributed by atoms with E-state index in [1.54, 1.807) is 20.9 Å². The first-order valence-corrected chi connectivity index (χ1v) is 9.21. The normalized spacial score (nSPS) is 10.4. The van der Waals surface area contributed by atoms with Gasteiger partial charge in [0.05, 0.1) is 11.3 Å². The molecule has 0 fully saturated rings. The zero-order chi connectivity index (χ0) is 24.1. The molecule has 32 heavy (non-hydrogen) atoms. The summed E-state index contributed by atoms with van der Waals surface area (Å²) in [6.45, 7) is 6.55. The number of nitrogens with zero attached hydrogens (tertiary/aromatic N) is 2. The van der Waals surface area contributed by atoms with Crippen molar-refractivity contribution in [1.82, 2.24) is 5.32 Å². The van der Waals surface area contributed by atoms with E-state index in [2.05, 4.69) is 34.7 Å². The minimum atomic E-state index is -4.95. The highest BCUT2D eigenvalue weighted by Gasteiger charge is 2.31. The van der Waals surface area contributed by atoms with E-state index in [4.69, 9.17) is 0 Å². The Morgan fingerprint density at radius 3 is 2.53 bits per heavy atom. The highest BCUT2D eigenvalue weighted by atomic mass is 19.4. The van der Waals surface area contributed by atoms with Crippen LogP contribution in [-0.2, 0) is 11.3 Å². The number of amides is 1. The SMILES string of the molecule is C=CC(=O)NCc1cc(-c2ccc(OC(F)(F)F)cc2F)c(C)c(N(C)C#CC)c1C#N. The average molecular weight is 445 g/mol. The van der Waals surface area contributed by atoms with Crippen LogP contribution in [0.25, 0.3) is 11.1 Å². The van der Waals surface area contributed by atoms with E-state index in [0.29, 0.717) is 28.4 Å². The summed E-state index contributed by atoms with van der Waals surface area (Å²) < 4.78 is 56.0. The van der Waals surface area contributed by atoms with Crippen molar-refractivity contribution in [3.63, 3.8) is 0 Å². The summed E-state index contributed by atoms with van der Waals surface area (Å²) in [4.78, 5) is 13.1. The van der Waals surface area contributed by atoms with Gasteiger partial charge in [0.25, 0.3) is 0 Å². The summed E-state index contributed by atoms with van der Waals surface area (Å²) in [7, 11) is 1.62. The number of ether oxygens (including phenoxy) is 1. The van der Waals surface area contributed by atoms with Gasteiger partial charge in [-0.15, -0.1) is 13.2 Å². The van der Waals surface area contributed by atoms with Gasteiger partial charge in [-0.2, -0.15) is 5.26 Å². The lowest BCUT2D eigenvalue weighted by molar-refractivity contribution is -0.274. The molecule has 1 N–H and O–H groups in total. The van der Waals surface area contributed by atoms with Gasteiger partial charge in [0.15, 0.2) is 0 Å². The van der Waals surface area contributed by atoms with Gasteiger partial charge in [-0.1, -0.05) is 12.5 Å². The molecule has 2 aromatic carbocycles. The molecule has 0 aliphatic rings. The van der Waals surface area contributed by atoms with Crippen LogP contribution in [0.1, 0.15) is 23.6 Å². The molecular weight excluding hydrogens is 426 g/mol. The molecule has 2 rings (SSSR count). The number of carbonyl (C=O) groups excluding carboxylic acids is 1. The smallest absolute Gasteiger partial charge is 0.406 e. The van der Waals surface area contributed by atoms with Crippen molar-refractivity contribution < 1.29 is 27.1 Å². The van der Waals surface area contributed by atoms with E-state index < -0.39 is 23.8 Å². The van der Waals surface area contributed by atoms with Crippen LogP contribution in [0.5, 0.6) is 5.75 Å². The number of benzene rings is 2. The summed E-state index contributed by atoms with van der Waals surface area (Å²) >= 11 is 0. The topological polar surface area (TPSA) is 65.4 Å². The molecule has 0 spiro atoms. The molecule has 166 valence electrons. The molecule has 2 aromatic rings. The van der Waals surface area contributed by atoms with Crippen LogP contribution in [0.4, 0.5) is 23.2 Å². The van der Waals surface area contributed by atoms with E-state index in [1.165, 1.54) is 11.0 Å². The number of nitrogens with one attached hydrogen (secondary N) is 1. The van der Waals surface area contributed by atoms with Crippen LogP contribution in [0.2, 0.25) is 0 Å². The molecule has 0 aliphatic heterocycles. The third-order valence-corrected chi connectivity index (χ3v) is 4.47. The number of nitriles is 1. The Labute approximate surface area is 182 Å². The molecule has 0 aliphatic carbocycles. The van der Waals surface area contributed by atoms with Gasteiger partial charge in [0.1, 0.15) is 17.6 Å². The van der Waals surface area contributed by atoms with Crippen molar-refractivity contribution in [2.24, 2.45) is 0 Å². The molecule has 0 bridgehead atoms. The Morgan fingerprint density at radius 2 is 2.00 bits per heavy atom. The third kappa shape index (κ3) is 5.58. The fourth-order valence-electron chi connectivity index (χ4n) is 3.17. The second-order valence-corrected chi connectivity index (χ2v) is 6.58. The third-order valence-electron chi connectivity index (χ3n) is 4.47. The van der Waals surface area contributed by atoms with Gasteiger partial charge in [0.2, 0.25) is 5.91 Å². The zero-order valence-electron chi connectivity index (χ0n) is 17.5. The lowest BCUT2D eigenvalue weighted by atomic mass is 9.91. The van der Waals surface area contributed by atoms with Gasteiger partial charge in [0, 0.05) is 31.3 Å². The Hall–Kier alpha value is -3.98. The predicted molar refractivity (Wildman–Crippen MR) is 112 cm³/mol. The Kier molecular flexibility index (Phi) is 7.50. The van der Waals surface area contributed by atoms with Gasteiger partial charge < -0.3 is 15.0 Å². The first-order valence-electron chi connectivity index (χ1n) is 9.21. The largest absolute Gasteiger partial charge is 0.573 e. The Balaban J connectivity index is 2.72. The number of anilines is 1. The number of carbonyl (C=O) groups is 1. The van der Waals surface area contributed by atoms with Crippen LogP contribution in [0.15, 0.2) is 36.9 Å². The maximum Gasteiger partial charge on any atom is 0.573 e. The second-order valence-electron chi connectivity index (χ2n) is 6.58. The number of alkyl halides is 3. The van der Waals surface area contributed by atoms with E-state index in [0.717, 1.165) is 18.2 Å². The number of rotatable bonds is 6. The monoisotopic (exact) mass is 445 g/mol. The Morgan fingerprint density at radius 1 is 1.31 bits per heavy atom. The van der Waals surface area contributed by atoms with Crippen LogP contribution >= 0.6 is 0 Å². The van der Waals surface area contributed by atoms with E-state index >= 15 is 0 Å². The molecule has 9 heteroatoms. The molecular formula is C23H19F4N3O2. The van der Waals surface area contributed by atoms with Crippen LogP contribution < -0.4 is 15.0 Å². The van der Waals surface area contributed by atoms with Crippen LogP contribution in [0.3, 0.4) is 0 Å². The van der Waals surface area contributed by atoms with Gasteiger partial charge >= 0.3 is 6.36 Å². The molecule has 0 saturated carbocycles. The van der Waals surface area contributed by atoms with Crippen molar-refractivity contribution in [1.29, 1.82) is 5.26 Å². The molecule has 0 aromatic heterocycles. The molecule has 0 atom stereocenters. The van der Waals surface area contributed by atoms with Crippen molar-refractivity contribution in [3.8, 4) is 34.9 Å². The summed E-state index contributed by atoms with van der Waals surface area (Å²) in [6.07, 6.45) is -3.89. The minimum absolute atomic E-state index is 0.00285. The average Bonchev–Trinajstić information content (AvgIpc) is 2.71. The van der Waals surface area contributed by atoms with Crippen molar-refractivity contribution in [2.45, 2.75) is 26.8 Å². The highest BCUT2D eigenvalue weighted by Crippen LogP contribution is 2.38. The van der Waals surface area contributed by atoms with Crippen molar-refractivity contribution in [3.05, 3.63) is 59.4 Å². The van der Waals surface area contributed by atoms with Crippen LogP contribution in [0, 0.1) is 36.0 Å². The summed E-state index contributed by atoms with van der Waals surface area (Å²) in [5, 5.41) is 12.3. The van der Waals surface area contributed by atoms with Gasteiger partial charge in [-0.3, -0.25) is 4.79 Å². The molecule has 0 heterocycles. The summed E-state index contributed by atoms with van der Waals surface area (Å²) in [5.74, 6) is 0.592. The van der Waals surface area contributed by atoms with Gasteiger partial charge in [-0.05, 0) is 54.8 Å². The fraction of sp³-hybridized carbons (Fsp3) is 0.217. The zero-order valence-corrected chi connectivity index (χ0v) is 17.5. The standard InChI is InChI=1S/C23H19F4N3O2/c1-5-9-30(4)22-14(3)18(10-15(19(22)12-28)13-29-21(31)6-2)17-8-7-16(11-20(17)24)32-23(25,26)27/h6-8,10-11H,2,13H2,1,3-4H3,(H,29,31). The van der Waals surface area contributed by atoms with Gasteiger partial charge in [-0.25, -0.2) is 4.39 Å². The lowest BCUT2D eigenvalue weighted by Gasteiger charge is -2.22. The number of hydrogen-bond donors (Lipinski definition) is 1. The first-order chi connectivity index (χ1) is 15.0. The maximum absolute atomic E-state index is 14.8. The minimum Gasteiger partial charge on any atom is -0.406 e. The van der Waals surface area contributed by atoms with E-state index in [-0.39, 0.29) is 17.7 Å². The van der Waals surface area contributed by atoms with Crippen molar-refractivity contribution in [2.75, 3.05) is 11.9 Å². The predicted octanol–water partition coefficient (Wildman–Crippen LogP) is 4.79. The molecule has 0 saturated heterocycles. The highest BCUT2D eigenvalue weighted by molar-refractivity contribution is 5.87. The summed E-state index contributed by atoms with van der Waals surface area (Å²) in [6, 6.07) is 9.19. The molecule has 0 unspecified atom stereocenters. The summed E-state index contributed by atoms with van der Waals surface area (Å²) in [5.41, 5.74) is 1.78. The van der Waals surface area contributed by atoms with Crippen molar-refractivity contribution >= 4 is 11.6 Å². The van der Waals surface area contributed by atoms with Crippen LogP contribution in [-0.4, -0.2) is 19.3 Å². The van der Waals surface area contributed by atoms with E-state index in [9.17, 15) is 27.6 Å². The number of hydrogen-bond acceptors (Lipinski definition) is 4. The van der Waals surface area contributed by atoms with E-state index in [1.807, 2.05) is 0 Å². The lowest BCUT2D eigenvalue weighted by Crippen LogP contribution is -2.22. The molecule has 5 nitrogen and oxygen atoms in total. The second kappa shape index (κ2) is 9.88.